The second-order valence-corrected chi connectivity index (χ2v) is 5.97. The largest absolute Gasteiger partial charge is 0.362 e. The van der Waals surface area contributed by atoms with Crippen molar-refractivity contribution in [3.63, 3.8) is 0 Å². The van der Waals surface area contributed by atoms with Crippen LogP contribution in [0, 0.1) is 5.92 Å². The molecule has 1 aliphatic heterocycles. The van der Waals surface area contributed by atoms with Gasteiger partial charge in [0.2, 0.25) is 0 Å². The van der Waals surface area contributed by atoms with Crippen molar-refractivity contribution in [3.05, 3.63) is 35.4 Å². The van der Waals surface area contributed by atoms with E-state index in [1.807, 2.05) is 11.8 Å². The lowest BCUT2D eigenvalue weighted by Crippen LogP contribution is -2.41. The van der Waals surface area contributed by atoms with E-state index in [0.29, 0.717) is 6.04 Å². The zero-order chi connectivity index (χ0) is 13.0. The predicted octanol–water partition coefficient (Wildman–Crippen LogP) is 3.47. The van der Waals surface area contributed by atoms with Crippen LogP contribution in [-0.4, -0.2) is 17.0 Å². The van der Waals surface area contributed by atoms with E-state index >= 15 is 0 Å². The number of thioether (sulfide) groups is 1. The van der Waals surface area contributed by atoms with E-state index < -0.39 is 0 Å². The van der Waals surface area contributed by atoms with Gasteiger partial charge in [-0.25, -0.2) is 0 Å². The van der Waals surface area contributed by atoms with Crippen LogP contribution in [0.3, 0.4) is 0 Å². The molecule has 1 aromatic rings. The quantitative estimate of drug-likeness (QED) is 0.902. The molecule has 0 bridgehead atoms. The fraction of sp³-hybridized carbons (Fsp3) is 0.533. The summed E-state index contributed by atoms with van der Waals surface area (Å²) in [5, 5.41) is 4.59. The first-order valence-electron chi connectivity index (χ1n) is 6.71. The van der Waals surface area contributed by atoms with E-state index in [0.717, 1.165) is 24.1 Å². The number of amidine groups is 1. The Labute approximate surface area is 114 Å². The number of hydrogen-bond acceptors (Lipinski definition) is 2. The molecule has 1 N–H and O–H groups in total. The minimum absolute atomic E-state index is 0.534. The van der Waals surface area contributed by atoms with Gasteiger partial charge >= 0.3 is 0 Å². The van der Waals surface area contributed by atoms with Crippen molar-refractivity contribution in [2.45, 2.75) is 39.8 Å². The highest BCUT2D eigenvalue weighted by Crippen LogP contribution is 2.20. The first-order valence-corrected chi connectivity index (χ1v) is 7.69. The van der Waals surface area contributed by atoms with Gasteiger partial charge in [0, 0.05) is 11.8 Å². The molecule has 18 heavy (non-hydrogen) atoms. The highest BCUT2D eigenvalue weighted by Gasteiger charge is 2.20. The van der Waals surface area contributed by atoms with Gasteiger partial charge in [0.15, 0.2) is 5.17 Å². The van der Waals surface area contributed by atoms with Gasteiger partial charge in [-0.3, -0.25) is 4.99 Å². The smallest absolute Gasteiger partial charge is 0.157 e. The summed E-state index contributed by atoms with van der Waals surface area (Å²) in [7, 11) is 0. The van der Waals surface area contributed by atoms with Crippen molar-refractivity contribution in [1.82, 2.24) is 5.32 Å². The van der Waals surface area contributed by atoms with Crippen LogP contribution in [-0.2, 0) is 13.0 Å². The Morgan fingerprint density at radius 2 is 2.00 bits per heavy atom. The van der Waals surface area contributed by atoms with E-state index in [1.54, 1.807) is 0 Å². The van der Waals surface area contributed by atoms with Crippen LogP contribution in [0.4, 0.5) is 0 Å². The Bertz CT molecular complexity index is 428. The summed E-state index contributed by atoms with van der Waals surface area (Å²) in [6.45, 7) is 7.51. The summed E-state index contributed by atoms with van der Waals surface area (Å²) in [5.41, 5.74) is 2.75. The molecule has 1 fully saturated rings. The van der Waals surface area contributed by atoms with Crippen molar-refractivity contribution in [1.29, 1.82) is 0 Å². The van der Waals surface area contributed by atoms with Crippen LogP contribution in [0.5, 0.6) is 0 Å². The monoisotopic (exact) mass is 262 g/mol. The Hall–Kier alpha value is -0.960. The van der Waals surface area contributed by atoms with E-state index in [1.165, 1.54) is 16.9 Å². The second-order valence-electron chi connectivity index (χ2n) is 4.96. The third-order valence-electron chi connectivity index (χ3n) is 3.58. The molecular formula is C15H22N2S. The number of benzene rings is 1. The fourth-order valence-corrected chi connectivity index (χ4v) is 3.17. The van der Waals surface area contributed by atoms with E-state index in [2.05, 4.69) is 50.4 Å². The molecule has 2 unspecified atom stereocenters. The van der Waals surface area contributed by atoms with Crippen molar-refractivity contribution < 1.29 is 0 Å². The predicted molar refractivity (Wildman–Crippen MR) is 81.2 cm³/mol. The zero-order valence-electron chi connectivity index (χ0n) is 11.4. The van der Waals surface area contributed by atoms with Crippen molar-refractivity contribution >= 4 is 16.9 Å². The first-order chi connectivity index (χ1) is 8.70. The number of hydrogen-bond donors (Lipinski definition) is 1. The van der Waals surface area contributed by atoms with Crippen LogP contribution in [0.2, 0.25) is 0 Å². The molecule has 2 rings (SSSR count). The number of nitrogens with zero attached hydrogens (tertiary/aromatic N) is 1. The molecule has 0 radical (unpaired) electrons. The summed E-state index contributed by atoms with van der Waals surface area (Å²) >= 11 is 1.85. The zero-order valence-corrected chi connectivity index (χ0v) is 12.3. The summed E-state index contributed by atoms with van der Waals surface area (Å²) in [6, 6.07) is 9.11. The van der Waals surface area contributed by atoms with Crippen LogP contribution < -0.4 is 5.32 Å². The third-order valence-corrected chi connectivity index (χ3v) is 4.79. The van der Waals surface area contributed by atoms with Crippen molar-refractivity contribution in [2.24, 2.45) is 10.9 Å². The Balaban J connectivity index is 2.02. The maximum Gasteiger partial charge on any atom is 0.157 e. The molecule has 1 saturated heterocycles. The molecule has 1 aliphatic rings. The molecule has 1 aromatic carbocycles. The first kappa shape index (κ1) is 13.5. The normalized spacial score (nSPS) is 26.1. The molecule has 0 amide bonds. The molecule has 2 atom stereocenters. The minimum Gasteiger partial charge on any atom is -0.362 e. The number of aryl methyl sites for hydroxylation is 1. The standard InChI is InChI=1S/C15H22N2S/c1-4-13-7-5-6-8-14(13)9-16-15-17-12(3)11(2)10-18-15/h5-8,11-12H,4,9-10H2,1-3H3,(H,16,17). The summed E-state index contributed by atoms with van der Waals surface area (Å²) in [4.78, 5) is 4.72. The van der Waals surface area contributed by atoms with E-state index in [-0.39, 0.29) is 0 Å². The van der Waals surface area contributed by atoms with Crippen molar-refractivity contribution in [3.8, 4) is 0 Å². The van der Waals surface area contributed by atoms with E-state index in [9.17, 15) is 0 Å². The maximum atomic E-state index is 4.72. The van der Waals surface area contributed by atoms with Gasteiger partial charge < -0.3 is 5.32 Å². The van der Waals surface area contributed by atoms with E-state index in [4.69, 9.17) is 4.99 Å². The Morgan fingerprint density at radius 3 is 2.67 bits per heavy atom. The Kier molecular flexibility index (Phi) is 4.70. The lowest BCUT2D eigenvalue weighted by atomic mass is 10.1. The molecule has 0 saturated carbocycles. The van der Waals surface area contributed by atoms with Gasteiger partial charge in [0.25, 0.3) is 0 Å². The van der Waals surface area contributed by atoms with Crippen molar-refractivity contribution in [2.75, 3.05) is 5.75 Å². The lowest BCUT2D eigenvalue weighted by Gasteiger charge is -2.28. The SMILES string of the molecule is CCc1ccccc1CN=C1NC(C)C(C)CS1. The number of aliphatic imine (C=N–C) groups is 1. The van der Waals surface area contributed by atoms with Gasteiger partial charge in [0.1, 0.15) is 0 Å². The fourth-order valence-electron chi connectivity index (χ4n) is 2.04. The van der Waals surface area contributed by atoms with Gasteiger partial charge in [-0.1, -0.05) is 49.9 Å². The summed E-state index contributed by atoms with van der Waals surface area (Å²) in [5.74, 6) is 1.89. The highest BCUT2D eigenvalue weighted by atomic mass is 32.2. The molecule has 3 heteroatoms. The molecule has 0 aliphatic carbocycles. The topological polar surface area (TPSA) is 24.4 Å². The average Bonchev–Trinajstić information content (AvgIpc) is 2.40. The number of rotatable bonds is 3. The summed E-state index contributed by atoms with van der Waals surface area (Å²) in [6.07, 6.45) is 1.08. The molecular weight excluding hydrogens is 240 g/mol. The molecule has 0 spiro atoms. The second kappa shape index (κ2) is 6.28. The summed E-state index contributed by atoms with van der Waals surface area (Å²) < 4.78 is 0. The molecule has 98 valence electrons. The Morgan fingerprint density at radius 1 is 1.28 bits per heavy atom. The van der Waals surface area contributed by atoms with Crippen LogP contribution in [0.15, 0.2) is 29.3 Å². The van der Waals surface area contributed by atoms with Crippen LogP contribution in [0.25, 0.3) is 0 Å². The van der Waals surface area contributed by atoms with Gasteiger partial charge in [-0.2, -0.15) is 0 Å². The highest BCUT2D eigenvalue weighted by molar-refractivity contribution is 8.13. The van der Waals surface area contributed by atoms with Crippen LogP contribution >= 0.6 is 11.8 Å². The van der Waals surface area contributed by atoms with Gasteiger partial charge in [-0.15, -0.1) is 0 Å². The van der Waals surface area contributed by atoms with Crippen LogP contribution in [0.1, 0.15) is 31.9 Å². The molecule has 2 nitrogen and oxygen atoms in total. The average molecular weight is 262 g/mol. The number of nitrogens with one attached hydrogen (secondary N) is 1. The van der Waals surface area contributed by atoms with Gasteiger partial charge in [0.05, 0.1) is 6.54 Å². The molecule has 1 heterocycles. The molecule has 0 aromatic heterocycles. The minimum atomic E-state index is 0.534. The maximum absolute atomic E-state index is 4.72. The van der Waals surface area contributed by atoms with Gasteiger partial charge in [-0.05, 0) is 30.4 Å². The third kappa shape index (κ3) is 3.29. The lowest BCUT2D eigenvalue weighted by molar-refractivity contribution is 0.490.